The van der Waals surface area contributed by atoms with Gasteiger partial charge in [-0.25, -0.2) is 0 Å². The van der Waals surface area contributed by atoms with E-state index in [4.69, 9.17) is 4.74 Å². The molecule has 120 valence electrons. The Kier molecular flexibility index (Phi) is 5.55. The lowest BCUT2D eigenvalue weighted by Gasteiger charge is -2.22. The molecule has 1 aromatic rings. The molecule has 22 heavy (non-hydrogen) atoms. The van der Waals surface area contributed by atoms with Gasteiger partial charge in [0.05, 0.1) is 12.5 Å². The average molecular weight is 304 g/mol. The van der Waals surface area contributed by atoms with E-state index in [1.54, 1.807) is 12.0 Å². The summed E-state index contributed by atoms with van der Waals surface area (Å²) in [6.45, 7) is 5.61. The van der Waals surface area contributed by atoms with Gasteiger partial charge in [0.1, 0.15) is 0 Å². The fourth-order valence-electron chi connectivity index (χ4n) is 2.76. The van der Waals surface area contributed by atoms with Gasteiger partial charge in [-0.05, 0) is 17.5 Å². The van der Waals surface area contributed by atoms with E-state index < -0.39 is 0 Å². The monoisotopic (exact) mass is 304 g/mol. The summed E-state index contributed by atoms with van der Waals surface area (Å²) < 4.78 is 4.92. The summed E-state index contributed by atoms with van der Waals surface area (Å²) >= 11 is 0. The number of nitrogens with one attached hydrogen (secondary N) is 1. The van der Waals surface area contributed by atoms with E-state index in [1.165, 1.54) is 0 Å². The van der Waals surface area contributed by atoms with Crippen molar-refractivity contribution in [2.24, 2.45) is 5.92 Å². The van der Waals surface area contributed by atoms with Gasteiger partial charge < -0.3 is 15.0 Å². The Hall–Kier alpha value is -1.88. The zero-order valence-corrected chi connectivity index (χ0v) is 13.5. The highest BCUT2D eigenvalue weighted by Gasteiger charge is 2.35. The quantitative estimate of drug-likeness (QED) is 0.817. The normalized spacial score (nSPS) is 18.1. The second-order valence-electron chi connectivity index (χ2n) is 5.90. The number of amides is 2. The summed E-state index contributed by atoms with van der Waals surface area (Å²) in [4.78, 5) is 26.2. The highest BCUT2D eigenvalue weighted by molar-refractivity contribution is 6.00. The van der Waals surface area contributed by atoms with E-state index >= 15 is 0 Å². The number of hydrogen-bond acceptors (Lipinski definition) is 3. The van der Waals surface area contributed by atoms with Gasteiger partial charge in [-0.15, -0.1) is 0 Å². The Morgan fingerprint density at radius 1 is 1.41 bits per heavy atom. The van der Waals surface area contributed by atoms with Gasteiger partial charge in [0, 0.05) is 32.3 Å². The minimum absolute atomic E-state index is 0.0139. The standard InChI is InChI=1S/C17H24N2O3/c1-12(2)14-6-4-5-7-15(14)19-11-13(10-16(19)20)17(21)18-8-9-22-3/h4-7,12-13H,8-11H2,1-3H3,(H,18,21). The number of hydrogen-bond donors (Lipinski definition) is 1. The molecule has 1 saturated heterocycles. The van der Waals surface area contributed by atoms with Crippen molar-refractivity contribution in [1.29, 1.82) is 0 Å². The van der Waals surface area contributed by atoms with Crippen LogP contribution >= 0.6 is 0 Å². The molecule has 2 amide bonds. The number of ether oxygens (including phenoxy) is 1. The van der Waals surface area contributed by atoms with Crippen LogP contribution in [0.2, 0.25) is 0 Å². The van der Waals surface area contributed by atoms with E-state index in [1.807, 2.05) is 24.3 Å². The first-order valence-corrected chi connectivity index (χ1v) is 7.70. The number of para-hydroxylation sites is 1. The summed E-state index contributed by atoms with van der Waals surface area (Å²) in [6, 6.07) is 7.91. The van der Waals surface area contributed by atoms with E-state index in [-0.39, 0.29) is 24.2 Å². The zero-order chi connectivity index (χ0) is 16.1. The van der Waals surface area contributed by atoms with Crippen LogP contribution in [0.15, 0.2) is 24.3 Å². The number of carbonyl (C=O) groups excluding carboxylic acids is 2. The lowest BCUT2D eigenvalue weighted by molar-refractivity contribution is -0.126. The molecule has 0 radical (unpaired) electrons. The van der Waals surface area contributed by atoms with Crippen molar-refractivity contribution in [3.63, 3.8) is 0 Å². The predicted octanol–water partition coefficient (Wildman–Crippen LogP) is 1.93. The van der Waals surface area contributed by atoms with Crippen LogP contribution in [0.4, 0.5) is 5.69 Å². The van der Waals surface area contributed by atoms with Gasteiger partial charge in [0.2, 0.25) is 11.8 Å². The molecule has 5 heteroatoms. The number of benzene rings is 1. The number of rotatable bonds is 6. The van der Waals surface area contributed by atoms with E-state index in [9.17, 15) is 9.59 Å². The fourth-order valence-corrected chi connectivity index (χ4v) is 2.76. The van der Waals surface area contributed by atoms with E-state index in [2.05, 4.69) is 19.2 Å². The molecule has 1 N–H and O–H groups in total. The molecule has 1 atom stereocenters. The number of methoxy groups -OCH3 is 1. The molecule has 0 aromatic heterocycles. The van der Waals surface area contributed by atoms with Gasteiger partial charge in [-0.2, -0.15) is 0 Å². The van der Waals surface area contributed by atoms with Crippen LogP contribution in [-0.2, 0) is 14.3 Å². The van der Waals surface area contributed by atoms with Crippen LogP contribution in [0.3, 0.4) is 0 Å². The maximum Gasteiger partial charge on any atom is 0.227 e. The van der Waals surface area contributed by atoms with Crippen molar-refractivity contribution in [2.75, 3.05) is 31.7 Å². The highest BCUT2D eigenvalue weighted by Crippen LogP contribution is 2.32. The van der Waals surface area contributed by atoms with Crippen LogP contribution < -0.4 is 10.2 Å². The molecule has 1 unspecified atom stereocenters. The van der Waals surface area contributed by atoms with E-state index in [0.717, 1.165) is 11.3 Å². The van der Waals surface area contributed by atoms with Crippen molar-refractivity contribution >= 4 is 17.5 Å². The largest absolute Gasteiger partial charge is 0.383 e. The first-order valence-electron chi connectivity index (χ1n) is 7.70. The van der Waals surface area contributed by atoms with Crippen molar-refractivity contribution in [3.8, 4) is 0 Å². The Balaban J connectivity index is 2.08. The molecule has 1 aromatic carbocycles. The molecular weight excluding hydrogens is 280 g/mol. The molecule has 0 saturated carbocycles. The summed E-state index contributed by atoms with van der Waals surface area (Å²) in [5.41, 5.74) is 2.06. The van der Waals surface area contributed by atoms with Gasteiger partial charge >= 0.3 is 0 Å². The third-order valence-electron chi connectivity index (χ3n) is 3.95. The van der Waals surface area contributed by atoms with Gasteiger partial charge in [-0.1, -0.05) is 32.0 Å². The Bertz CT molecular complexity index is 542. The molecular formula is C17H24N2O3. The lowest BCUT2D eigenvalue weighted by Crippen LogP contribution is -2.34. The molecule has 2 rings (SSSR count). The molecule has 0 spiro atoms. The van der Waals surface area contributed by atoms with Crippen molar-refractivity contribution in [1.82, 2.24) is 5.32 Å². The number of nitrogens with zero attached hydrogens (tertiary/aromatic N) is 1. The minimum atomic E-state index is -0.287. The van der Waals surface area contributed by atoms with Crippen LogP contribution in [0.1, 0.15) is 31.7 Å². The topological polar surface area (TPSA) is 58.6 Å². The molecule has 1 aliphatic rings. The molecule has 1 heterocycles. The first-order chi connectivity index (χ1) is 10.5. The molecule has 0 bridgehead atoms. The zero-order valence-electron chi connectivity index (χ0n) is 13.5. The smallest absolute Gasteiger partial charge is 0.227 e. The Morgan fingerprint density at radius 3 is 2.82 bits per heavy atom. The SMILES string of the molecule is COCCNC(=O)C1CC(=O)N(c2ccccc2C(C)C)C1. The van der Waals surface area contributed by atoms with Crippen molar-refractivity contribution in [2.45, 2.75) is 26.2 Å². The molecule has 0 aliphatic carbocycles. The summed E-state index contributed by atoms with van der Waals surface area (Å²) in [6.07, 6.45) is 0.269. The Morgan fingerprint density at radius 2 is 2.14 bits per heavy atom. The molecule has 1 aliphatic heterocycles. The predicted molar refractivity (Wildman–Crippen MR) is 85.9 cm³/mol. The minimum Gasteiger partial charge on any atom is -0.383 e. The van der Waals surface area contributed by atoms with Crippen LogP contribution in [0, 0.1) is 5.92 Å². The maximum atomic E-state index is 12.3. The maximum absolute atomic E-state index is 12.3. The van der Waals surface area contributed by atoms with Gasteiger partial charge in [0.25, 0.3) is 0 Å². The molecule has 5 nitrogen and oxygen atoms in total. The van der Waals surface area contributed by atoms with Crippen LogP contribution in [-0.4, -0.2) is 38.6 Å². The number of anilines is 1. The highest BCUT2D eigenvalue weighted by atomic mass is 16.5. The fraction of sp³-hybridized carbons (Fsp3) is 0.529. The van der Waals surface area contributed by atoms with Gasteiger partial charge in [0.15, 0.2) is 0 Å². The van der Waals surface area contributed by atoms with Gasteiger partial charge in [-0.3, -0.25) is 9.59 Å². The second kappa shape index (κ2) is 7.40. The van der Waals surface area contributed by atoms with E-state index in [0.29, 0.717) is 25.6 Å². The summed E-state index contributed by atoms with van der Waals surface area (Å²) in [5, 5.41) is 2.81. The Labute approximate surface area is 131 Å². The molecule has 1 fully saturated rings. The lowest BCUT2D eigenvalue weighted by atomic mass is 10.0. The summed E-state index contributed by atoms with van der Waals surface area (Å²) in [5.74, 6) is -0.0157. The second-order valence-corrected chi connectivity index (χ2v) is 5.90. The van der Waals surface area contributed by atoms with Crippen molar-refractivity contribution in [3.05, 3.63) is 29.8 Å². The first kappa shape index (κ1) is 16.5. The summed E-state index contributed by atoms with van der Waals surface area (Å²) in [7, 11) is 1.59. The number of carbonyl (C=O) groups is 2. The van der Waals surface area contributed by atoms with Crippen LogP contribution in [0.5, 0.6) is 0 Å². The van der Waals surface area contributed by atoms with Crippen molar-refractivity contribution < 1.29 is 14.3 Å². The third kappa shape index (κ3) is 3.65. The third-order valence-corrected chi connectivity index (χ3v) is 3.95. The van der Waals surface area contributed by atoms with Crippen LogP contribution in [0.25, 0.3) is 0 Å². The average Bonchev–Trinajstić information content (AvgIpc) is 2.89.